The second-order valence-corrected chi connectivity index (χ2v) is 8.43. The van der Waals surface area contributed by atoms with Crippen molar-refractivity contribution in [2.75, 3.05) is 5.32 Å². The van der Waals surface area contributed by atoms with E-state index in [4.69, 9.17) is 9.40 Å². The van der Waals surface area contributed by atoms with Crippen molar-refractivity contribution in [2.45, 2.75) is 13.8 Å². The van der Waals surface area contributed by atoms with Crippen LogP contribution in [0.1, 0.15) is 13.8 Å². The zero-order chi connectivity index (χ0) is 23.9. The Balaban J connectivity index is 1.41. The van der Waals surface area contributed by atoms with Crippen LogP contribution in [0, 0.1) is 5.92 Å². The number of aromatic amines is 2. The van der Waals surface area contributed by atoms with Crippen LogP contribution in [0.4, 0.5) is 5.69 Å². The van der Waals surface area contributed by atoms with Crippen molar-refractivity contribution < 1.29 is 9.21 Å². The predicted octanol–water partition coefficient (Wildman–Crippen LogP) is 4.81. The van der Waals surface area contributed by atoms with E-state index >= 15 is 0 Å². The monoisotopic (exact) mass is 464 g/mol. The maximum absolute atomic E-state index is 12.1. The quantitative estimate of drug-likeness (QED) is 0.333. The van der Waals surface area contributed by atoms with Crippen LogP contribution >= 0.6 is 0 Å². The van der Waals surface area contributed by atoms with E-state index in [1.807, 2.05) is 44.2 Å². The number of aromatic nitrogens is 7. The predicted molar refractivity (Wildman–Crippen MR) is 131 cm³/mol. The Morgan fingerprint density at radius 1 is 1.09 bits per heavy atom. The van der Waals surface area contributed by atoms with Gasteiger partial charge in [0.05, 0.1) is 41.1 Å². The van der Waals surface area contributed by atoms with Crippen LogP contribution in [0.15, 0.2) is 65.9 Å². The van der Waals surface area contributed by atoms with Gasteiger partial charge in [-0.3, -0.25) is 14.9 Å². The molecule has 10 nitrogen and oxygen atoms in total. The molecule has 172 valence electrons. The molecule has 0 atom stereocenters. The standard InChI is InChI=1S/C25H20N8O2/c1-13(2)25(34)28-16-9-15(10-26-11-16)18-3-4-19-21(29-18)22(33-32-19)24-30-20-17(14-6-8-35-12-14)5-7-27-23(20)31-24/h3-13H,1-2H3,(H,28,34)(H,32,33)(H,27,30,31). The molecule has 0 radical (unpaired) electrons. The number of imidazole rings is 1. The minimum Gasteiger partial charge on any atom is -0.472 e. The number of H-pyrrole nitrogens is 2. The normalized spacial score (nSPS) is 11.5. The van der Waals surface area contributed by atoms with E-state index in [1.54, 1.807) is 31.1 Å². The largest absolute Gasteiger partial charge is 0.472 e. The molecule has 0 fully saturated rings. The van der Waals surface area contributed by atoms with Crippen LogP contribution in [0.5, 0.6) is 0 Å². The van der Waals surface area contributed by atoms with Gasteiger partial charge in [-0.15, -0.1) is 0 Å². The van der Waals surface area contributed by atoms with Crippen LogP contribution in [-0.4, -0.2) is 41.0 Å². The number of carbonyl (C=O) groups is 1. The summed E-state index contributed by atoms with van der Waals surface area (Å²) in [6, 6.07) is 9.44. The number of rotatable bonds is 5. The van der Waals surface area contributed by atoms with E-state index in [1.165, 1.54) is 0 Å². The number of amides is 1. The lowest BCUT2D eigenvalue weighted by Crippen LogP contribution is -2.17. The summed E-state index contributed by atoms with van der Waals surface area (Å²) in [6.45, 7) is 3.68. The molecule has 0 aliphatic carbocycles. The summed E-state index contributed by atoms with van der Waals surface area (Å²) in [5.74, 6) is 0.349. The number of furan rings is 1. The van der Waals surface area contributed by atoms with E-state index in [0.717, 1.165) is 27.7 Å². The molecule has 3 N–H and O–H groups in total. The molecular formula is C25H20N8O2. The third-order valence-corrected chi connectivity index (χ3v) is 5.68. The lowest BCUT2D eigenvalue weighted by Gasteiger charge is -2.08. The molecule has 35 heavy (non-hydrogen) atoms. The molecule has 6 rings (SSSR count). The van der Waals surface area contributed by atoms with Crippen LogP contribution < -0.4 is 5.32 Å². The number of nitrogens with one attached hydrogen (secondary N) is 3. The lowest BCUT2D eigenvalue weighted by molar-refractivity contribution is -0.118. The fraction of sp³-hybridized carbons (Fsp3) is 0.120. The maximum atomic E-state index is 12.1. The molecule has 1 amide bonds. The average Bonchev–Trinajstić information content (AvgIpc) is 3.62. The molecule has 6 heterocycles. The van der Waals surface area contributed by atoms with Gasteiger partial charge < -0.3 is 14.7 Å². The van der Waals surface area contributed by atoms with Gasteiger partial charge in [0.1, 0.15) is 5.52 Å². The Labute approximate surface area is 198 Å². The first-order valence-electron chi connectivity index (χ1n) is 11.1. The van der Waals surface area contributed by atoms with Gasteiger partial charge in [-0.05, 0) is 30.3 Å². The second kappa shape index (κ2) is 8.17. The minimum atomic E-state index is -0.131. The third-order valence-electron chi connectivity index (χ3n) is 5.68. The van der Waals surface area contributed by atoms with Crippen molar-refractivity contribution in [3.63, 3.8) is 0 Å². The minimum absolute atomic E-state index is 0.0715. The molecule has 0 saturated heterocycles. The fourth-order valence-electron chi connectivity index (χ4n) is 3.84. The summed E-state index contributed by atoms with van der Waals surface area (Å²) < 4.78 is 5.24. The molecule has 6 aromatic heterocycles. The Morgan fingerprint density at radius 2 is 2.00 bits per heavy atom. The highest BCUT2D eigenvalue weighted by molar-refractivity contribution is 5.95. The van der Waals surface area contributed by atoms with Gasteiger partial charge in [0.25, 0.3) is 0 Å². The summed E-state index contributed by atoms with van der Waals surface area (Å²) in [4.78, 5) is 33.6. The first-order chi connectivity index (χ1) is 17.1. The number of anilines is 1. The van der Waals surface area contributed by atoms with Crippen molar-refractivity contribution in [1.29, 1.82) is 0 Å². The number of pyridine rings is 3. The second-order valence-electron chi connectivity index (χ2n) is 8.43. The van der Waals surface area contributed by atoms with Crippen molar-refractivity contribution in [2.24, 2.45) is 5.92 Å². The molecule has 0 saturated carbocycles. The summed E-state index contributed by atoms with van der Waals surface area (Å²) in [5, 5.41) is 10.4. The van der Waals surface area contributed by atoms with E-state index in [2.05, 4.69) is 35.5 Å². The summed E-state index contributed by atoms with van der Waals surface area (Å²) in [7, 11) is 0. The molecule has 0 spiro atoms. The summed E-state index contributed by atoms with van der Waals surface area (Å²) >= 11 is 0. The van der Waals surface area contributed by atoms with E-state index in [0.29, 0.717) is 34.1 Å². The van der Waals surface area contributed by atoms with E-state index in [9.17, 15) is 4.79 Å². The van der Waals surface area contributed by atoms with Crippen LogP contribution in [0.25, 0.3) is 56.1 Å². The molecule has 0 bridgehead atoms. The van der Waals surface area contributed by atoms with Gasteiger partial charge in [-0.25, -0.2) is 15.0 Å². The first-order valence-corrected chi connectivity index (χ1v) is 11.1. The van der Waals surface area contributed by atoms with Gasteiger partial charge in [-0.2, -0.15) is 5.10 Å². The SMILES string of the molecule is CC(C)C(=O)Nc1cncc(-c2ccc3[nH]nc(-c4nc5nccc(-c6ccoc6)c5[nH]4)c3n2)c1. The summed E-state index contributed by atoms with van der Waals surface area (Å²) in [5.41, 5.74) is 7.31. The highest BCUT2D eigenvalue weighted by Crippen LogP contribution is 2.31. The highest BCUT2D eigenvalue weighted by Gasteiger charge is 2.18. The zero-order valence-electron chi connectivity index (χ0n) is 18.9. The number of hydrogen-bond donors (Lipinski definition) is 3. The van der Waals surface area contributed by atoms with Gasteiger partial charge >= 0.3 is 0 Å². The molecule has 10 heteroatoms. The van der Waals surface area contributed by atoms with Crippen molar-refractivity contribution in [3.8, 4) is 33.9 Å². The molecular weight excluding hydrogens is 444 g/mol. The topological polar surface area (TPSA) is 138 Å². The smallest absolute Gasteiger partial charge is 0.226 e. The van der Waals surface area contributed by atoms with Crippen molar-refractivity contribution >= 4 is 33.8 Å². The summed E-state index contributed by atoms with van der Waals surface area (Å²) in [6.07, 6.45) is 8.35. The molecule has 0 unspecified atom stereocenters. The van der Waals surface area contributed by atoms with Crippen molar-refractivity contribution in [3.05, 3.63) is 61.4 Å². The lowest BCUT2D eigenvalue weighted by atomic mass is 10.1. The van der Waals surface area contributed by atoms with Gasteiger partial charge in [0.2, 0.25) is 5.91 Å². The van der Waals surface area contributed by atoms with Gasteiger partial charge in [-0.1, -0.05) is 13.8 Å². The number of nitrogens with zero attached hydrogens (tertiary/aromatic N) is 5. The van der Waals surface area contributed by atoms with Gasteiger partial charge in [0.15, 0.2) is 17.2 Å². The Bertz CT molecular complexity index is 1680. The third kappa shape index (κ3) is 3.70. The molecule has 0 aliphatic rings. The average molecular weight is 464 g/mol. The fourth-order valence-corrected chi connectivity index (χ4v) is 3.84. The number of fused-ring (bicyclic) bond motifs is 2. The van der Waals surface area contributed by atoms with E-state index < -0.39 is 0 Å². The Morgan fingerprint density at radius 3 is 2.83 bits per heavy atom. The van der Waals surface area contributed by atoms with Crippen LogP contribution in [-0.2, 0) is 4.79 Å². The molecule has 0 aromatic carbocycles. The Kier molecular flexibility index (Phi) is 4.84. The van der Waals surface area contributed by atoms with Gasteiger partial charge in [0, 0.05) is 35.0 Å². The Hall–Kier alpha value is -4.86. The van der Waals surface area contributed by atoms with Crippen LogP contribution in [0.3, 0.4) is 0 Å². The van der Waals surface area contributed by atoms with E-state index in [-0.39, 0.29) is 11.8 Å². The number of hydrogen-bond acceptors (Lipinski definition) is 7. The number of carbonyl (C=O) groups excluding carboxylic acids is 1. The molecule has 0 aliphatic heterocycles. The zero-order valence-corrected chi connectivity index (χ0v) is 18.9. The highest BCUT2D eigenvalue weighted by atomic mass is 16.3. The maximum Gasteiger partial charge on any atom is 0.226 e. The molecule has 6 aromatic rings. The van der Waals surface area contributed by atoms with Crippen LogP contribution in [0.2, 0.25) is 0 Å². The first kappa shape index (κ1) is 20.7. The van der Waals surface area contributed by atoms with Crippen molar-refractivity contribution in [1.82, 2.24) is 35.1 Å².